The topological polar surface area (TPSA) is 106 Å². The van der Waals surface area contributed by atoms with Crippen molar-refractivity contribution < 1.29 is 19.8 Å². The van der Waals surface area contributed by atoms with Gasteiger partial charge in [0.15, 0.2) is 0 Å². The molecule has 0 aliphatic rings. The normalized spacial score (nSPS) is 12.1. The van der Waals surface area contributed by atoms with Crippen LogP contribution in [0.1, 0.15) is 27.0 Å². The maximum Gasteiger partial charge on any atom is 0.407 e. The molecule has 0 fully saturated rings. The van der Waals surface area contributed by atoms with Crippen molar-refractivity contribution in [2.45, 2.75) is 13.2 Å². The number of amides is 2. The summed E-state index contributed by atoms with van der Waals surface area (Å²) in [5.74, 6) is -0.586. The van der Waals surface area contributed by atoms with Crippen molar-refractivity contribution in [3.05, 3.63) is 89.7 Å². The van der Waals surface area contributed by atoms with Gasteiger partial charge < -0.3 is 21.1 Å². The van der Waals surface area contributed by atoms with Gasteiger partial charge in [-0.1, -0.05) is 30.3 Å². The number of ether oxygens (including phenoxy) is 1. The standard InChI is InChI=1S/C21H20N4O3/c22-18-5-1-2-6-19(18)25-20(26)17-9-7-15(8-10-17)13-24-21(27)28-14-16-4-3-11-23-12-16/h1-12H,13-14,22H2,(H,24,27)(H,25,26)/i1D,2D,5D,6D. The molecule has 1 aromatic heterocycles. The van der Waals surface area contributed by atoms with E-state index < -0.39 is 36.2 Å². The van der Waals surface area contributed by atoms with Gasteiger partial charge in [0.05, 0.1) is 16.9 Å². The Bertz CT molecular complexity index is 1110. The molecule has 0 bridgehead atoms. The second kappa shape index (κ2) is 9.18. The minimum atomic E-state index is -0.593. The summed E-state index contributed by atoms with van der Waals surface area (Å²) in [6.45, 7) is 0.286. The zero-order chi connectivity index (χ0) is 23.3. The van der Waals surface area contributed by atoms with Crippen LogP contribution in [0, 0.1) is 0 Å². The summed E-state index contributed by atoms with van der Waals surface area (Å²) >= 11 is 0. The van der Waals surface area contributed by atoms with Crippen LogP contribution in [0.4, 0.5) is 16.2 Å². The Hall–Kier alpha value is -3.87. The first kappa shape index (κ1) is 14.2. The number of para-hydroxylation sites is 2. The minimum Gasteiger partial charge on any atom is -0.445 e. The average molecular weight is 380 g/mol. The lowest BCUT2D eigenvalue weighted by Crippen LogP contribution is -2.23. The first-order valence-electron chi connectivity index (χ1n) is 10.3. The second-order valence-electron chi connectivity index (χ2n) is 5.73. The molecule has 3 aromatic rings. The fraction of sp³-hybridized carbons (Fsp3) is 0.0952. The van der Waals surface area contributed by atoms with E-state index in [0.29, 0.717) is 0 Å². The third kappa shape index (κ3) is 5.31. The number of benzene rings is 2. The Kier molecular flexibility index (Phi) is 4.66. The van der Waals surface area contributed by atoms with Crippen LogP contribution in [0.3, 0.4) is 0 Å². The summed E-state index contributed by atoms with van der Waals surface area (Å²) in [6.07, 6.45) is 2.64. The Balaban J connectivity index is 1.57. The minimum absolute atomic E-state index is 0.0984. The molecule has 0 aliphatic carbocycles. The van der Waals surface area contributed by atoms with E-state index in [1.165, 1.54) is 12.1 Å². The highest BCUT2D eigenvalue weighted by atomic mass is 16.5. The van der Waals surface area contributed by atoms with E-state index in [2.05, 4.69) is 15.6 Å². The van der Waals surface area contributed by atoms with E-state index >= 15 is 0 Å². The largest absolute Gasteiger partial charge is 0.445 e. The van der Waals surface area contributed by atoms with Crippen LogP contribution in [0.5, 0.6) is 0 Å². The molecule has 0 saturated carbocycles. The molecule has 0 aliphatic heterocycles. The van der Waals surface area contributed by atoms with E-state index in [1.807, 2.05) is 0 Å². The monoisotopic (exact) mass is 380 g/mol. The number of nitrogens with zero attached hydrogens (tertiary/aromatic N) is 1. The molecule has 142 valence electrons. The molecule has 0 radical (unpaired) electrons. The predicted octanol–water partition coefficient (Wildman–Crippen LogP) is 3.34. The molecule has 0 atom stereocenters. The van der Waals surface area contributed by atoms with Crippen LogP contribution in [0.2, 0.25) is 0 Å². The first-order valence-corrected chi connectivity index (χ1v) is 8.33. The Morgan fingerprint density at radius 3 is 2.64 bits per heavy atom. The van der Waals surface area contributed by atoms with Crippen molar-refractivity contribution in [2.24, 2.45) is 0 Å². The van der Waals surface area contributed by atoms with Crippen molar-refractivity contribution in [1.29, 1.82) is 0 Å². The van der Waals surface area contributed by atoms with E-state index in [9.17, 15) is 9.59 Å². The van der Waals surface area contributed by atoms with Crippen LogP contribution >= 0.6 is 0 Å². The maximum absolute atomic E-state index is 12.5. The predicted molar refractivity (Wildman–Crippen MR) is 107 cm³/mol. The van der Waals surface area contributed by atoms with Gasteiger partial charge in [0.2, 0.25) is 0 Å². The summed E-state index contributed by atoms with van der Waals surface area (Å²) in [6, 6.07) is 8.05. The van der Waals surface area contributed by atoms with Gasteiger partial charge in [-0.25, -0.2) is 4.79 Å². The highest BCUT2D eigenvalue weighted by molar-refractivity contribution is 6.05. The van der Waals surface area contributed by atoms with Crippen molar-refractivity contribution in [3.63, 3.8) is 0 Å². The number of hydrogen-bond donors (Lipinski definition) is 3. The van der Waals surface area contributed by atoms with E-state index in [1.54, 1.807) is 36.7 Å². The number of carbonyl (C=O) groups excluding carboxylic acids is 2. The molecule has 0 saturated heterocycles. The van der Waals surface area contributed by atoms with Gasteiger partial charge in [0.25, 0.3) is 5.91 Å². The second-order valence-corrected chi connectivity index (χ2v) is 5.73. The number of carbonyl (C=O) groups is 2. The third-order valence-electron chi connectivity index (χ3n) is 3.70. The van der Waals surface area contributed by atoms with Gasteiger partial charge in [-0.3, -0.25) is 9.78 Å². The summed E-state index contributed by atoms with van der Waals surface area (Å²) in [7, 11) is 0. The molecule has 2 amide bonds. The summed E-state index contributed by atoms with van der Waals surface area (Å²) in [5, 5.41) is 5.04. The summed E-state index contributed by atoms with van der Waals surface area (Å²) in [4.78, 5) is 28.3. The lowest BCUT2D eigenvalue weighted by Gasteiger charge is -2.09. The number of rotatable bonds is 6. The van der Waals surface area contributed by atoms with Crippen LogP contribution in [0.25, 0.3) is 0 Å². The van der Waals surface area contributed by atoms with Crippen molar-refractivity contribution in [1.82, 2.24) is 10.3 Å². The van der Waals surface area contributed by atoms with Gasteiger partial charge in [0.1, 0.15) is 6.61 Å². The summed E-state index contributed by atoms with van der Waals surface area (Å²) in [5.41, 5.74) is 7.07. The smallest absolute Gasteiger partial charge is 0.407 e. The quantitative estimate of drug-likeness (QED) is 0.569. The van der Waals surface area contributed by atoms with Crippen LogP contribution < -0.4 is 16.4 Å². The molecule has 0 spiro atoms. The van der Waals surface area contributed by atoms with Crippen LogP contribution in [-0.4, -0.2) is 17.0 Å². The number of aromatic nitrogens is 1. The molecule has 4 N–H and O–H groups in total. The number of hydrogen-bond acceptors (Lipinski definition) is 5. The van der Waals surface area contributed by atoms with Crippen LogP contribution in [-0.2, 0) is 17.9 Å². The molecular formula is C21H20N4O3. The zero-order valence-corrected chi connectivity index (χ0v) is 14.8. The van der Waals surface area contributed by atoms with E-state index in [4.69, 9.17) is 16.0 Å². The maximum atomic E-state index is 12.5. The fourth-order valence-corrected chi connectivity index (χ4v) is 2.24. The third-order valence-corrected chi connectivity index (χ3v) is 3.70. The molecule has 2 aromatic carbocycles. The molecule has 7 heteroatoms. The SMILES string of the molecule is [2H]c1c([2H])c([2H])c(NC(=O)c2ccc(CNC(=O)OCc3cccnc3)cc2)c(N)c1[2H]. The van der Waals surface area contributed by atoms with Gasteiger partial charge in [-0.05, 0) is 35.8 Å². The highest BCUT2D eigenvalue weighted by Gasteiger charge is 2.08. The average Bonchev–Trinajstić information content (AvgIpc) is 2.82. The fourth-order valence-electron chi connectivity index (χ4n) is 2.24. The molecule has 1 heterocycles. The van der Waals surface area contributed by atoms with Crippen LogP contribution in [0.15, 0.2) is 73.0 Å². The first-order chi connectivity index (χ1) is 15.3. The number of anilines is 2. The van der Waals surface area contributed by atoms with Crippen molar-refractivity contribution in [2.75, 3.05) is 11.1 Å². The number of nitrogens with one attached hydrogen (secondary N) is 2. The Morgan fingerprint density at radius 1 is 1.11 bits per heavy atom. The van der Waals surface area contributed by atoms with Crippen molar-refractivity contribution >= 4 is 23.4 Å². The Morgan fingerprint density at radius 2 is 1.89 bits per heavy atom. The van der Waals surface area contributed by atoms with Gasteiger partial charge in [-0.15, -0.1) is 0 Å². The molecular weight excluding hydrogens is 356 g/mol. The molecule has 3 rings (SSSR count). The van der Waals surface area contributed by atoms with Gasteiger partial charge in [0, 0.05) is 30.1 Å². The summed E-state index contributed by atoms with van der Waals surface area (Å²) < 4.78 is 36.1. The Labute approximate surface area is 168 Å². The number of nitrogen functional groups attached to an aromatic ring is 1. The lowest BCUT2D eigenvalue weighted by atomic mass is 10.1. The molecule has 0 unspecified atom stereocenters. The highest BCUT2D eigenvalue weighted by Crippen LogP contribution is 2.18. The lowest BCUT2D eigenvalue weighted by molar-refractivity contribution is 0.102. The zero-order valence-electron chi connectivity index (χ0n) is 18.8. The van der Waals surface area contributed by atoms with E-state index in [-0.39, 0.29) is 30.1 Å². The van der Waals surface area contributed by atoms with Gasteiger partial charge >= 0.3 is 6.09 Å². The number of nitrogens with two attached hydrogens (primary N) is 1. The number of pyridine rings is 1. The van der Waals surface area contributed by atoms with Gasteiger partial charge in [-0.2, -0.15) is 0 Å². The number of alkyl carbamates (subject to hydrolysis) is 1. The van der Waals surface area contributed by atoms with Crippen molar-refractivity contribution in [3.8, 4) is 0 Å². The molecule has 7 nitrogen and oxygen atoms in total. The van der Waals surface area contributed by atoms with E-state index in [0.717, 1.165) is 11.1 Å². The molecule has 28 heavy (non-hydrogen) atoms.